The van der Waals surface area contributed by atoms with E-state index in [0.29, 0.717) is 11.7 Å². The molecule has 1 aliphatic carbocycles. The number of carbonyl (C=O) groups excluding carboxylic acids is 1. The Bertz CT molecular complexity index is 488. The van der Waals surface area contributed by atoms with Crippen LogP contribution in [0.3, 0.4) is 0 Å². The van der Waals surface area contributed by atoms with Crippen molar-refractivity contribution in [3.8, 4) is 5.75 Å². The molecule has 2 nitrogen and oxygen atoms in total. The Balaban J connectivity index is 2.32. The molecular formula is C17H23FO2. The van der Waals surface area contributed by atoms with E-state index in [0.717, 1.165) is 32.1 Å². The Kier molecular flexibility index (Phi) is 4.46. The minimum atomic E-state index is -0.468. The second-order valence-electron chi connectivity index (χ2n) is 6.26. The highest BCUT2D eigenvalue weighted by molar-refractivity contribution is 6.01. The maximum atomic E-state index is 14.1. The molecule has 0 amide bonds. The van der Waals surface area contributed by atoms with E-state index in [-0.39, 0.29) is 16.8 Å². The van der Waals surface area contributed by atoms with E-state index in [1.807, 2.05) is 0 Å². The zero-order chi connectivity index (χ0) is 14.8. The van der Waals surface area contributed by atoms with E-state index in [9.17, 15) is 9.18 Å². The number of carbonyl (C=O) groups is 1. The summed E-state index contributed by atoms with van der Waals surface area (Å²) in [5.41, 5.74) is -0.141. The molecule has 0 N–H and O–H groups in total. The summed E-state index contributed by atoms with van der Waals surface area (Å²) in [6.07, 6.45) is 4.74. The van der Waals surface area contributed by atoms with Crippen molar-refractivity contribution in [1.29, 1.82) is 0 Å². The Morgan fingerprint density at radius 3 is 2.50 bits per heavy atom. The van der Waals surface area contributed by atoms with Crippen LogP contribution in [0.4, 0.5) is 4.39 Å². The fourth-order valence-corrected chi connectivity index (χ4v) is 3.45. The lowest BCUT2D eigenvalue weighted by Crippen LogP contribution is -2.30. The van der Waals surface area contributed by atoms with E-state index in [2.05, 4.69) is 13.8 Å². The number of rotatable bonds is 5. The maximum absolute atomic E-state index is 14.1. The molecule has 110 valence electrons. The molecule has 1 fully saturated rings. The van der Waals surface area contributed by atoms with E-state index >= 15 is 0 Å². The Hall–Kier alpha value is -1.38. The molecule has 20 heavy (non-hydrogen) atoms. The monoisotopic (exact) mass is 278 g/mol. The number of ketones is 1. The van der Waals surface area contributed by atoms with Crippen LogP contribution in [0, 0.1) is 17.2 Å². The van der Waals surface area contributed by atoms with Gasteiger partial charge in [-0.05, 0) is 37.3 Å². The lowest BCUT2D eigenvalue weighted by atomic mass is 9.73. The number of benzene rings is 1. The highest BCUT2D eigenvalue weighted by atomic mass is 19.1. The molecular weight excluding hydrogens is 255 g/mol. The second-order valence-corrected chi connectivity index (χ2v) is 6.26. The van der Waals surface area contributed by atoms with Crippen molar-refractivity contribution in [1.82, 2.24) is 0 Å². The summed E-state index contributed by atoms with van der Waals surface area (Å²) >= 11 is 0. The molecule has 0 atom stereocenters. The van der Waals surface area contributed by atoms with Crippen molar-refractivity contribution >= 4 is 5.78 Å². The molecule has 0 unspecified atom stereocenters. The molecule has 2 rings (SSSR count). The summed E-state index contributed by atoms with van der Waals surface area (Å²) in [6.45, 7) is 4.25. The minimum Gasteiger partial charge on any atom is -0.497 e. The van der Waals surface area contributed by atoms with Crippen LogP contribution in [0.5, 0.6) is 5.75 Å². The molecule has 3 heteroatoms. The summed E-state index contributed by atoms with van der Waals surface area (Å²) in [6, 6.07) is 4.52. The maximum Gasteiger partial charge on any atom is 0.171 e. The second kappa shape index (κ2) is 5.94. The normalized spacial score (nSPS) is 17.4. The molecule has 0 radical (unpaired) electrons. The zero-order valence-electron chi connectivity index (χ0n) is 12.5. The van der Waals surface area contributed by atoms with Crippen molar-refractivity contribution in [2.75, 3.05) is 7.11 Å². The first kappa shape index (κ1) is 15.0. The molecule has 1 aliphatic rings. The quantitative estimate of drug-likeness (QED) is 0.734. The number of Topliss-reactive ketones (excluding diaryl/α,β-unsaturated/α-hetero) is 1. The van der Waals surface area contributed by atoms with Crippen LogP contribution < -0.4 is 4.74 Å². The average Bonchev–Trinajstić information content (AvgIpc) is 2.86. The van der Waals surface area contributed by atoms with E-state index in [4.69, 9.17) is 4.74 Å². The predicted molar refractivity (Wildman–Crippen MR) is 77.6 cm³/mol. The van der Waals surface area contributed by atoms with Crippen LogP contribution in [0.15, 0.2) is 18.2 Å². The fraction of sp³-hybridized carbons (Fsp3) is 0.588. The van der Waals surface area contributed by atoms with Gasteiger partial charge in [0, 0.05) is 11.5 Å². The van der Waals surface area contributed by atoms with Gasteiger partial charge in [0.05, 0.1) is 12.7 Å². The lowest BCUT2D eigenvalue weighted by Gasteiger charge is -2.29. The molecule has 0 saturated heterocycles. The van der Waals surface area contributed by atoms with Crippen molar-refractivity contribution in [3.05, 3.63) is 29.6 Å². The number of hydrogen-bond donors (Lipinski definition) is 0. The van der Waals surface area contributed by atoms with Gasteiger partial charge >= 0.3 is 0 Å². The van der Waals surface area contributed by atoms with Crippen LogP contribution in [-0.2, 0) is 0 Å². The molecule has 1 aromatic rings. The third-order valence-electron chi connectivity index (χ3n) is 4.26. The molecule has 1 aromatic carbocycles. The van der Waals surface area contributed by atoms with Crippen molar-refractivity contribution in [2.45, 2.75) is 46.0 Å². The fourth-order valence-electron chi connectivity index (χ4n) is 3.45. The van der Waals surface area contributed by atoms with Crippen LogP contribution in [0.2, 0.25) is 0 Å². The molecule has 0 bridgehead atoms. The Morgan fingerprint density at radius 2 is 2.00 bits per heavy atom. The van der Waals surface area contributed by atoms with Gasteiger partial charge in [-0.25, -0.2) is 4.39 Å². The summed E-state index contributed by atoms with van der Waals surface area (Å²) < 4.78 is 19.1. The van der Waals surface area contributed by atoms with E-state index in [1.165, 1.54) is 13.2 Å². The Labute approximate surface area is 120 Å². The van der Waals surface area contributed by atoms with Gasteiger partial charge in [-0.3, -0.25) is 4.79 Å². The molecule has 0 aromatic heterocycles. The minimum absolute atomic E-state index is 0.0242. The topological polar surface area (TPSA) is 26.3 Å². The van der Waals surface area contributed by atoms with Gasteiger partial charge in [-0.2, -0.15) is 0 Å². The molecule has 0 aliphatic heterocycles. The highest BCUT2D eigenvalue weighted by Gasteiger charge is 2.42. The van der Waals surface area contributed by atoms with Crippen LogP contribution in [0.1, 0.15) is 56.3 Å². The van der Waals surface area contributed by atoms with Crippen LogP contribution in [0.25, 0.3) is 0 Å². The first-order valence-corrected chi connectivity index (χ1v) is 7.37. The smallest absolute Gasteiger partial charge is 0.171 e. The largest absolute Gasteiger partial charge is 0.497 e. The first-order chi connectivity index (χ1) is 9.48. The lowest BCUT2D eigenvalue weighted by molar-refractivity contribution is 0.0755. The molecule has 1 saturated carbocycles. The average molecular weight is 278 g/mol. The first-order valence-electron chi connectivity index (χ1n) is 7.37. The van der Waals surface area contributed by atoms with Gasteiger partial charge in [-0.15, -0.1) is 0 Å². The third kappa shape index (κ3) is 2.87. The molecule has 0 heterocycles. The van der Waals surface area contributed by atoms with Crippen molar-refractivity contribution in [3.63, 3.8) is 0 Å². The number of hydrogen-bond acceptors (Lipinski definition) is 2. The van der Waals surface area contributed by atoms with Gasteiger partial charge in [0.2, 0.25) is 0 Å². The van der Waals surface area contributed by atoms with Gasteiger partial charge in [0.1, 0.15) is 11.6 Å². The molecule has 0 spiro atoms. The predicted octanol–water partition coefficient (Wildman–Crippen LogP) is 4.62. The van der Waals surface area contributed by atoms with Gasteiger partial charge in [0.15, 0.2) is 5.78 Å². The summed E-state index contributed by atoms with van der Waals surface area (Å²) in [4.78, 5) is 12.8. The Morgan fingerprint density at radius 1 is 1.35 bits per heavy atom. The van der Waals surface area contributed by atoms with E-state index in [1.54, 1.807) is 12.1 Å². The van der Waals surface area contributed by atoms with E-state index < -0.39 is 5.82 Å². The standard InChI is InChI=1S/C17H23FO2/c1-12(2)11-17(8-4-5-9-17)16(19)14-7-6-13(20-3)10-15(14)18/h6-7,10,12H,4-5,8-9,11H2,1-3H3. The van der Waals surface area contributed by atoms with Gasteiger partial charge in [0.25, 0.3) is 0 Å². The van der Waals surface area contributed by atoms with Crippen molar-refractivity contribution in [2.24, 2.45) is 11.3 Å². The highest BCUT2D eigenvalue weighted by Crippen LogP contribution is 2.46. The van der Waals surface area contributed by atoms with Crippen LogP contribution in [-0.4, -0.2) is 12.9 Å². The summed E-state index contributed by atoms with van der Waals surface area (Å²) in [5.74, 6) is 0.398. The third-order valence-corrected chi connectivity index (χ3v) is 4.26. The van der Waals surface area contributed by atoms with Gasteiger partial charge in [-0.1, -0.05) is 26.7 Å². The SMILES string of the molecule is COc1ccc(C(=O)C2(CC(C)C)CCCC2)c(F)c1. The number of halogens is 1. The zero-order valence-corrected chi connectivity index (χ0v) is 12.5. The number of methoxy groups -OCH3 is 1. The van der Waals surface area contributed by atoms with Gasteiger partial charge < -0.3 is 4.74 Å². The van der Waals surface area contributed by atoms with Crippen molar-refractivity contribution < 1.29 is 13.9 Å². The summed E-state index contributed by atoms with van der Waals surface area (Å²) in [7, 11) is 1.49. The number of ether oxygens (including phenoxy) is 1. The van der Waals surface area contributed by atoms with Crippen LogP contribution >= 0.6 is 0 Å². The summed E-state index contributed by atoms with van der Waals surface area (Å²) in [5, 5.41) is 0.